The van der Waals surface area contributed by atoms with Crippen LogP contribution < -0.4 is 5.32 Å². The lowest BCUT2D eigenvalue weighted by molar-refractivity contribution is -0.138. The summed E-state index contributed by atoms with van der Waals surface area (Å²) in [6.45, 7) is 4.78. The molecule has 1 aliphatic heterocycles. The SMILES string of the molecule is C[C@H](C(=O)NC1(C#N)CCCCC1)N1CCN(C(=O)C2CCCC2)CC1. The van der Waals surface area contributed by atoms with Crippen LogP contribution in [0.4, 0.5) is 0 Å². The predicted molar refractivity (Wildman–Crippen MR) is 99.1 cm³/mol. The van der Waals surface area contributed by atoms with Crippen molar-refractivity contribution in [1.29, 1.82) is 5.26 Å². The summed E-state index contributed by atoms with van der Waals surface area (Å²) in [5.74, 6) is 0.484. The van der Waals surface area contributed by atoms with Gasteiger partial charge in [-0.25, -0.2) is 0 Å². The second-order valence-electron chi connectivity index (χ2n) is 8.26. The maximum Gasteiger partial charge on any atom is 0.238 e. The standard InChI is InChI=1S/C20H32N4O2/c1-16(18(25)22-20(15-21)9-5-2-6-10-20)23-11-13-24(14-12-23)19(26)17-7-3-4-8-17/h16-17H,2-14H2,1H3,(H,22,25)/t16-/m1/s1. The van der Waals surface area contributed by atoms with Crippen molar-refractivity contribution in [2.45, 2.75) is 76.3 Å². The summed E-state index contributed by atoms with van der Waals surface area (Å²) in [5.41, 5.74) is -0.677. The fraction of sp³-hybridized carbons (Fsp3) is 0.850. The third-order valence-electron chi connectivity index (χ3n) is 6.54. The molecule has 26 heavy (non-hydrogen) atoms. The van der Waals surface area contributed by atoms with Gasteiger partial charge < -0.3 is 10.2 Å². The zero-order valence-electron chi connectivity index (χ0n) is 16.0. The summed E-state index contributed by atoms with van der Waals surface area (Å²) < 4.78 is 0. The third kappa shape index (κ3) is 4.20. The largest absolute Gasteiger partial charge is 0.340 e. The van der Waals surface area contributed by atoms with Crippen LogP contribution in [0.3, 0.4) is 0 Å². The molecule has 3 aliphatic rings. The number of carbonyl (C=O) groups excluding carboxylic acids is 2. The van der Waals surface area contributed by atoms with Gasteiger partial charge in [0.05, 0.1) is 12.1 Å². The van der Waals surface area contributed by atoms with E-state index in [1.54, 1.807) is 0 Å². The summed E-state index contributed by atoms with van der Waals surface area (Å²) in [4.78, 5) is 29.4. The Morgan fingerprint density at radius 2 is 1.65 bits per heavy atom. The van der Waals surface area contributed by atoms with E-state index < -0.39 is 5.54 Å². The molecule has 0 aromatic carbocycles. The lowest BCUT2D eigenvalue weighted by atomic mass is 9.82. The van der Waals surface area contributed by atoms with Crippen LogP contribution in [0.2, 0.25) is 0 Å². The van der Waals surface area contributed by atoms with Gasteiger partial charge in [-0.1, -0.05) is 32.1 Å². The summed E-state index contributed by atoms with van der Waals surface area (Å²) in [5, 5.41) is 12.6. The van der Waals surface area contributed by atoms with Crippen LogP contribution in [0.25, 0.3) is 0 Å². The van der Waals surface area contributed by atoms with Crippen LogP contribution in [-0.4, -0.2) is 59.4 Å². The summed E-state index contributed by atoms with van der Waals surface area (Å²) in [6, 6.07) is 2.10. The first kappa shape index (κ1) is 19.2. The summed E-state index contributed by atoms with van der Waals surface area (Å²) in [7, 11) is 0. The van der Waals surface area contributed by atoms with E-state index in [-0.39, 0.29) is 17.9 Å². The van der Waals surface area contributed by atoms with Crippen LogP contribution in [0.1, 0.15) is 64.7 Å². The van der Waals surface area contributed by atoms with Crippen molar-refractivity contribution >= 4 is 11.8 Å². The van der Waals surface area contributed by atoms with Gasteiger partial charge in [-0.15, -0.1) is 0 Å². The van der Waals surface area contributed by atoms with Crippen molar-refractivity contribution in [3.8, 4) is 6.07 Å². The van der Waals surface area contributed by atoms with E-state index in [9.17, 15) is 14.9 Å². The van der Waals surface area contributed by atoms with Crippen LogP contribution in [0.15, 0.2) is 0 Å². The molecule has 3 rings (SSSR count). The van der Waals surface area contributed by atoms with E-state index in [1.807, 2.05) is 11.8 Å². The van der Waals surface area contributed by atoms with E-state index in [0.29, 0.717) is 19.0 Å². The van der Waals surface area contributed by atoms with E-state index in [2.05, 4.69) is 16.3 Å². The maximum atomic E-state index is 12.7. The number of piperazine rings is 1. The molecule has 0 radical (unpaired) electrons. The van der Waals surface area contributed by atoms with Gasteiger partial charge in [0, 0.05) is 32.1 Å². The fourth-order valence-corrected chi connectivity index (χ4v) is 4.69. The topological polar surface area (TPSA) is 76.4 Å². The third-order valence-corrected chi connectivity index (χ3v) is 6.54. The van der Waals surface area contributed by atoms with E-state index in [0.717, 1.165) is 58.0 Å². The molecule has 1 saturated heterocycles. The highest BCUT2D eigenvalue weighted by molar-refractivity contribution is 5.82. The molecule has 6 nitrogen and oxygen atoms in total. The zero-order valence-corrected chi connectivity index (χ0v) is 16.0. The number of carbonyl (C=O) groups is 2. The molecule has 2 saturated carbocycles. The Bertz CT molecular complexity index is 551. The number of amides is 2. The highest BCUT2D eigenvalue weighted by Crippen LogP contribution is 2.28. The zero-order chi connectivity index (χ0) is 18.6. The Morgan fingerprint density at radius 1 is 1.04 bits per heavy atom. The number of nitrogens with zero attached hydrogens (tertiary/aromatic N) is 3. The molecular weight excluding hydrogens is 328 g/mol. The Hall–Kier alpha value is -1.61. The highest BCUT2D eigenvalue weighted by atomic mass is 16.2. The molecular formula is C20H32N4O2. The predicted octanol–water partition coefficient (Wildman–Crippen LogP) is 2.05. The van der Waals surface area contributed by atoms with Crippen molar-refractivity contribution in [2.24, 2.45) is 5.92 Å². The van der Waals surface area contributed by atoms with Gasteiger partial charge in [0.1, 0.15) is 5.54 Å². The summed E-state index contributed by atoms with van der Waals surface area (Å²) in [6.07, 6.45) is 9.09. The minimum absolute atomic E-state index is 0.0518. The van der Waals surface area contributed by atoms with Gasteiger partial charge in [-0.3, -0.25) is 14.5 Å². The Kier molecular flexibility index (Phi) is 6.18. The lowest BCUT2D eigenvalue weighted by Crippen LogP contribution is -2.58. The number of hydrogen-bond donors (Lipinski definition) is 1. The van der Waals surface area contributed by atoms with Crippen molar-refractivity contribution in [2.75, 3.05) is 26.2 Å². The van der Waals surface area contributed by atoms with Gasteiger partial charge in [0.25, 0.3) is 0 Å². The molecule has 2 aliphatic carbocycles. The van der Waals surface area contributed by atoms with E-state index in [4.69, 9.17) is 0 Å². The molecule has 3 fully saturated rings. The second-order valence-corrected chi connectivity index (χ2v) is 8.26. The molecule has 0 unspecified atom stereocenters. The van der Waals surface area contributed by atoms with E-state index >= 15 is 0 Å². The number of hydrogen-bond acceptors (Lipinski definition) is 4. The highest BCUT2D eigenvalue weighted by Gasteiger charge is 2.37. The first-order chi connectivity index (χ1) is 12.5. The smallest absolute Gasteiger partial charge is 0.238 e. The molecule has 0 aromatic heterocycles. The minimum Gasteiger partial charge on any atom is -0.340 e. The molecule has 144 valence electrons. The summed E-state index contributed by atoms with van der Waals surface area (Å²) >= 11 is 0. The molecule has 6 heteroatoms. The Morgan fingerprint density at radius 3 is 2.23 bits per heavy atom. The number of nitrogens with one attached hydrogen (secondary N) is 1. The maximum absolute atomic E-state index is 12.7. The van der Waals surface area contributed by atoms with Crippen LogP contribution in [0, 0.1) is 17.2 Å². The van der Waals surface area contributed by atoms with Gasteiger partial charge in [-0.05, 0) is 32.6 Å². The van der Waals surface area contributed by atoms with Crippen molar-refractivity contribution in [1.82, 2.24) is 15.1 Å². The van der Waals surface area contributed by atoms with Crippen molar-refractivity contribution in [3.05, 3.63) is 0 Å². The molecule has 2 amide bonds. The first-order valence-corrected chi connectivity index (χ1v) is 10.3. The van der Waals surface area contributed by atoms with Gasteiger partial charge in [0.15, 0.2) is 0 Å². The molecule has 1 atom stereocenters. The van der Waals surface area contributed by atoms with E-state index in [1.165, 1.54) is 12.8 Å². The lowest BCUT2D eigenvalue weighted by Gasteiger charge is -2.39. The molecule has 0 bridgehead atoms. The quantitative estimate of drug-likeness (QED) is 0.832. The fourth-order valence-electron chi connectivity index (χ4n) is 4.69. The number of nitriles is 1. The number of rotatable bonds is 4. The average Bonchev–Trinajstić information content (AvgIpc) is 3.22. The van der Waals surface area contributed by atoms with Crippen LogP contribution in [0.5, 0.6) is 0 Å². The molecule has 1 heterocycles. The monoisotopic (exact) mass is 360 g/mol. The Labute approximate surface area is 156 Å². The van der Waals surface area contributed by atoms with Crippen LogP contribution in [-0.2, 0) is 9.59 Å². The molecule has 0 aromatic rings. The first-order valence-electron chi connectivity index (χ1n) is 10.3. The second kappa shape index (κ2) is 8.39. The van der Waals surface area contributed by atoms with Gasteiger partial charge >= 0.3 is 0 Å². The van der Waals surface area contributed by atoms with Crippen molar-refractivity contribution in [3.63, 3.8) is 0 Å². The molecule has 0 spiro atoms. The average molecular weight is 361 g/mol. The normalized spacial score (nSPS) is 25.5. The molecule has 1 N–H and O–H groups in total. The minimum atomic E-state index is -0.677. The van der Waals surface area contributed by atoms with Gasteiger partial charge in [-0.2, -0.15) is 5.26 Å². The van der Waals surface area contributed by atoms with Crippen molar-refractivity contribution < 1.29 is 9.59 Å². The Balaban J connectivity index is 1.49. The van der Waals surface area contributed by atoms with Crippen LogP contribution >= 0.6 is 0 Å². The van der Waals surface area contributed by atoms with Gasteiger partial charge in [0.2, 0.25) is 11.8 Å².